The topological polar surface area (TPSA) is 72.7 Å². The van der Waals surface area contributed by atoms with Crippen LogP contribution in [0.1, 0.15) is 12.0 Å². The molecule has 2 rings (SSSR count). The van der Waals surface area contributed by atoms with Gasteiger partial charge in [0.1, 0.15) is 0 Å². The van der Waals surface area contributed by atoms with E-state index in [2.05, 4.69) is 25.2 Å². The number of hydrogen-bond donors (Lipinski definition) is 2. The Morgan fingerprint density at radius 2 is 2.04 bits per heavy atom. The second-order valence-electron chi connectivity index (χ2n) is 5.20. The molecule has 7 nitrogen and oxygen atoms in total. The van der Waals surface area contributed by atoms with Crippen molar-refractivity contribution < 1.29 is 9.47 Å². The fourth-order valence-corrected chi connectivity index (χ4v) is 2.28. The van der Waals surface area contributed by atoms with Crippen LogP contribution in [0.3, 0.4) is 0 Å². The summed E-state index contributed by atoms with van der Waals surface area (Å²) in [7, 11) is 5.03. The number of nitrogens with zero attached hydrogens (tertiary/aromatic N) is 3. The predicted molar refractivity (Wildman–Crippen MR) is 94.6 cm³/mol. The average Bonchev–Trinajstić information content (AvgIpc) is 3.14. The van der Waals surface area contributed by atoms with Crippen molar-refractivity contribution in [2.24, 2.45) is 4.99 Å². The first kappa shape index (κ1) is 17.7. The van der Waals surface area contributed by atoms with Crippen LogP contribution in [0.5, 0.6) is 11.5 Å². The molecule has 0 fully saturated rings. The van der Waals surface area contributed by atoms with Gasteiger partial charge in [-0.25, -0.2) is 4.98 Å². The van der Waals surface area contributed by atoms with Gasteiger partial charge in [-0.1, -0.05) is 6.07 Å². The molecule has 1 heterocycles. The quantitative estimate of drug-likeness (QED) is 0.437. The van der Waals surface area contributed by atoms with Crippen LogP contribution in [0.15, 0.2) is 41.9 Å². The molecule has 0 aliphatic rings. The van der Waals surface area contributed by atoms with Crippen molar-refractivity contribution in [1.82, 2.24) is 20.2 Å². The minimum Gasteiger partial charge on any atom is -0.493 e. The number of imidazole rings is 1. The van der Waals surface area contributed by atoms with Crippen molar-refractivity contribution in [3.05, 3.63) is 42.5 Å². The van der Waals surface area contributed by atoms with Crippen LogP contribution in [0.25, 0.3) is 0 Å². The Kier molecular flexibility index (Phi) is 6.94. The Bertz CT molecular complexity index is 640. The first-order chi connectivity index (χ1) is 11.8. The number of benzene rings is 1. The number of rotatable bonds is 8. The molecule has 0 bridgehead atoms. The van der Waals surface area contributed by atoms with Crippen LogP contribution in [0.2, 0.25) is 0 Å². The molecule has 7 heteroatoms. The summed E-state index contributed by atoms with van der Waals surface area (Å²) < 4.78 is 12.6. The van der Waals surface area contributed by atoms with Crippen LogP contribution in [0, 0.1) is 0 Å². The normalized spacial score (nSPS) is 11.2. The molecule has 0 aliphatic carbocycles. The van der Waals surface area contributed by atoms with Gasteiger partial charge in [-0.05, 0) is 24.1 Å². The van der Waals surface area contributed by atoms with Gasteiger partial charge in [-0.3, -0.25) is 4.99 Å². The summed E-state index contributed by atoms with van der Waals surface area (Å²) in [6.07, 6.45) is 6.57. The lowest BCUT2D eigenvalue weighted by molar-refractivity contribution is 0.354. The molecule has 2 aromatic rings. The maximum atomic E-state index is 5.32. The zero-order valence-corrected chi connectivity index (χ0v) is 14.5. The predicted octanol–water partition coefficient (Wildman–Crippen LogP) is 1.66. The molecule has 2 N–H and O–H groups in total. The monoisotopic (exact) mass is 331 g/mol. The lowest BCUT2D eigenvalue weighted by atomic mass is 10.2. The summed E-state index contributed by atoms with van der Waals surface area (Å²) in [5.74, 6) is 2.22. The van der Waals surface area contributed by atoms with Gasteiger partial charge >= 0.3 is 0 Å². The molecule has 1 aromatic carbocycles. The molecule has 0 atom stereocenters. The third kappa shape index (κ3) is 5.19. The maximum absolute atomic E-state index is 5.32. The third-order valence-electron chi connectivity index (χ3n) is 3.58. The number of aryl methyl sites for hydroxylation is 1. The molecule has 0 spiro atoms. The number of methoxy groups -OCH3 is 2. The first-order valence-electron chi connectivity index (χ1n) is 7.88. The van der Waals surface area contributed by atoms with E-state index in [-0.39, 0.29) is 0 Å². The lowest BCUT2D eigenvalue weighted by Gasteiger charge is -2.13. The van der Waals surface area contributed by atoms with E-state index in [9.17, 15) is 0 Å². The second kappa shape index (κ2) is 9.44. The Balaban J connectivity index is 1.76. The van der Waals surface area contributed by atoms with E-state index in [0.717, 1.165) is 42.5 Å². The van der Waals surface area contributed by atoms with Crippen molar-refractivity contribution in [2.45, 2.75) is 19.5 Å². The molecular formula is C17H25N5O2. The van der Waals surface area contributed by atoms with Crippen LogP contribution >= 0.6 is 0 Å². The number of ether oxygens (including phenoxy) is 2. The van der Waals surface area contributed by atoms with E-state index < -0.39 is 0 Å². The molecule has 0 aliphatic heterocycles. The highest BCUT2D eigenvalue weighted by Crippen LogP contribution is 2.27. The summed E-state index contributed by atoms with van der Waals surface area (Å²) in [6.45, 7) is 2.42. The third-order valence-corrected chi connectivity index (χ3v) is 3.58. The number of hydrogen-bond acceptors (Lipinski definition) is 4. The molecule has 0 amide bonds. The molecule has 0 saturated carbocycles. The van der Waals surface area contributed by atoms with Gasteiger partial charge in [0.05, 0.1) is 20.5 Å². The van der Waals surface area contributed by atoms with Crippen molar-refractivity contribution in [1.29, 1.82) is 0 Å². The van der Waals surface area contributed by atoms with Crippen molar-refractivity contribution in [3.8, 4) is 11.5 Å². The molecule has 0 unspecified atom stereocenters. The van der Waals surface area contributed by atoms with Crippen LogP contribution in [0.4, 0.5) is 0 Å². The van der Waals surface area contributed by atoms with Gasteiger partial charge in [0.2, 0.25) is 0 Å². The van der Waals surface area contributed by atoms with E-state index >= 15 is 0 Å². The van der Waals surface area contributed by atoms with Gasteiger partial charge in [0, 0.05) is 39.1 Å². The summed E-state index contributed by atoms with van der Waals surface area (Å²) >= 11 is 0. The minimum atomic E-state index is 0.654. The van der Waals surface area contributed by atoms with Gasteiger partial charge in [-0.2, -0.15) is 0 Å². The molecule has 1 aromatic heterocycles. The minimum absolute atomic E-state index is 0.654. The maximum Gasteiger partial charge on any atom is 0.191 e. The largest absolute Gasteiger partial charge is 0.493 e. The van der Waals surface area contributed by atoms with Gasteiger partial charge in [0.25, 0.3) is 0 Å². The van der Waals surface area contributed by atoms with E-state index in [1.54, 1.807) is 27.5 Å². The van der Waals surface area contributed by atoms with Crippen LogP contribution < -0.4 is 20.1 Å². The Morgan fingerprint density at radius 1 is 1.21 bits per heavy atom. The van der Waals surface area contributed by atoms with Crippen LogP contribution in [-0.4, -0.2) is 43.3 Å². The van der Waals surface area contributed by atoms with E-state index in [4.69, 9.17) is 9.47 Å². The highest BCUT2D eigenvalue weighted by atomic mass is 16.5. The zero-order chi connectivity index (χ0) is 17.2. The van der Waals surface area contributed by atoms with Crippen molar-refractivity contribution >= 4 is 5.96 Å². The van der Waals surface area contributed by atoms with Gasteiger partial charge < -0.3 is 24.7 Å². The number of guanidine groups is 1. The molecule has 130 valence electrons. The van der Waals surface area contributed by atoms with E-state index in [1.165, 1.54) is 0 Å². The Labute approximate surface area is 142 Å². The fourth-order valence-electron chi connectivity index (χ4n) is 2.28. The molecule has 0 radical (unpaired) electrons. The van der Waals surface area contributed by atoms with Gasteiger partial charge in [-0.15, -0.1) is 0 Å². The van der Waals surface area contributed by atoms with E-state index in [0.29, 0.717) is 6.54 Å². The summed E-state index contributed by atoms with van der Waals surface area (Å²) in [5, 5.41) is 6.59. The highest BCUT2D eigenvalue weighted by Gasteiger charge is 2.05. The Morgan fingerprint density at radius 3 is 2.71 bits per heavy atom. The Hall–Kier alpha value is -2.70. The standard InChI is InChI=1S/C17H25N5O2/c1-18-17(20-7-4-9-22-10-8-19-13-22)21-12-14-5-6-15(23-2)16(11-14)24-3/h5-6,8,10-11,13H,4,7,9,12H2,1-3H3,(H2,18,20,21). The lowest BCUT2D eigenvalue weighted by Crippen LogP contribution is -2.37. The summed E-state index contributed by atoms with van der Waals surface area (Å²) in [4.78, 5) is 8.26. The van der Waals surface area contributed by atoms with Crippen molar-refractivity contribution in [2.75, 3.05) is 27.8 Å². The number of nitrogens with one attached hydrogen (secondary N) is 2. The smallest absolute Gasteiger partial charge is 0.191 e. The average molecular weight is 331 g/mol. The summed E-state index contributed by atoms with van der Waals surface area (Å²) in [6, 6.07) is 5.86. The number of aromatic nitrogens is 2. The van der Waals surface area contributed by atoms with Gasteiger partial charge in [0.15, 0.2) is 17.5 Å². The zero-order valence-electron chi connectivity index (χ0n) is 14.5. The molecule has 0 saturated heterocycles. The highest BCUT2D eigenvalue weighted by molar-refractivity contribution is 5.79. The first-order valence-corrected chi connectivity index (χ1v) is 7.88. The SMILES string of the molecule is CN=C(NCCCn1ccnc1)NCc1ccc(OC)c(OC)c1. The van der Waals surface area contributed by atoms with Crippen molar-refractivity contribution in [3.63, 3.8) is 0 Å². The summed E-state index contributed by atoms with van der Waals surface area (Å²) in [5.41, 5.74) is 1.09. The van der Waals surface area contributed by atoms with E-state index in [1.807, 2.05) is 30.7 Å². The molecule has 24 heavy (non-hydrogen) atoms. The number of aliphatic imine (C=N–C) groups is 1. The fraction of sp³-hybridized carbons (Fsp3) is 0.412. The van der Waals surface area contributed by atoms with Crippen LogP contribution in [-0.2, 0) is 13.1 Å². The molecular weight excluding hydrogens is 306 g/mol. The second-order valence-corrected chi connectivity index (χ2v) is 5.20.